The van der Waals surface area contributed by atoms with Gasteiger partial charge in [0.25, 0.3) is 5.95 Å². The Morgan fingerprint density at radius 2 is 1.86 bits per heavy atom. The van der Waals surface area contributed by atoms with Crippen molar-refractivity contribution in [1.29, 1.82) is 0 Å². The van der Waals surface area contributed by atoms with E-state index in [-0.39, 0.29) is 22.3 Å². The van der Waals surface area contributed by atoms with Gasteiger partial charge in [-0.1, -0.05) is 18.2 Å². The summed E-state index contributed by atoms with van der Waals surface area (Å²) in [4.78, 5) is 12.5. The van der Waals surface area contributed by atoms with Gasteiger partial charge in [0.15, 0.2) is 0 Å². The molecular weight excluding hydrogens is 272 g/mol. The van der Waals surface area contributed by atoms with Gasteiger partial charge in [-0.05, 0) is 29.8 Å². The Hall–Kier alpha value is -2.95. The number of aromatic hydroxyl groups is 2. The lowest BCUT2D eigenvalue weighted by Gasteiger charge is -2.07. The topological polar surface area (TPSA) is 79.9 Å². The highest BCUT2D eigenvalue weighted by Gasteiger charge is 2.18. The molecule has 0 aliphatic heterocycles. The molecule has 3 rings (SSSR count). The van der Waals surface area contributed by atoms with Gasteiger partial charge in [0.05, 0.1) is 7.11 Å². The number of phenolic OH excluding ortho intramolecular Hbond substituents is 1. The SMILES string of the molecule is COc1cccc(-c2c(O)oc3cccc(O)c3c2=O)c1. The molecule has 0 fully saturated rings. The van der Waals surface area contributed by atoms with Crippen molar-refractivity contribution in [2.45, 2.75) is 0 Å². The first-order valence-electron chi connectivity index (χ1n) is 6.24. The Morgan fingerprint density at radius 3 is 2.62 bits per heavy atom. The van der Waals surface area contributed by atoms with Crippen molar-refractivity contribution in [3.8, 4) is 28.6 Å². The van der Waals surface area contributed by atoms with Crippen molar-refractivity contribution in [1.82, 2.24) is 0 Å². The number of fused-ring (bicyclic) bond motifs is 1. The largest absolute Gasteiger partial charge is 0.507 e. The molecule has 3 aromatic rings. The minimum Gasteiger partial charge on any atom is -0.507 e. The van der Waals surface area contributed by atoms with E-state index >= 15 is 0 Å². The summed E-state index contributed by atoms with van der Waals surface area (Å²) in [5, 5.41) is 19.9. The molecule has 5 nitrogen and oxygen atoms in total. The Bertz CT molecular complexity index is 879. The Kier molecular flexibility index (Phi) is 3.02. The second kappa shape index (κ2) is 4.86. The average Bonchev–Trinajstić information content (AvgIpc) is 2.47. The van der Waals surface area contributed by atoms with Crippen molar-refractivity contribution >= 4 is 11.0 Å². The van der Waals surface area contributed by atoms with E-state index in [1.54, 1.807) is 24.3 Å². The molecule has 1 heterocycles. The monoisotopic (exact) mass is 284 g/mol. The van der Waals surface area contributed by atoms with Crippen molar-refractivity contribution in [3.05, 3.63) is 52.7 Å². The average molecular weight is 284 g/mol. The Labute approximate surface area is 119 Å². The second-order valence-corrected chi connectivity index (χ2v) is 4.49. The molecule has 0 amide bonds. The third-order valence-electron chi connectivity index (χ3n) is 3.24. The zero-order valence-electron chi connectivity index (χ0n) is 11.2. The van der Waals surface area contributed by atoms with Crippen molar-refractivity contribution in [2.75, 3.05) is 7.11 Å². The summed E-state index contributed by atoms with van der Waals surface area (Å²) in [7, 11) is 1.51. The van der Waals surface area contributed by atoms with Gasteiger partial charge in [-0.25, -0.2) is 0 Å². The lowest BCUT2D eigenvalue weighted by molar-refractivity contribution is 0.341. The van der Waals surface area contributed by atoms with Crippen LogP contribution in [0.4, 0.5) is 0 Å². The van der Waals surface area contributed by atoms with Crippen LogP contribution in [0.2, 0.25) is 0 Å². The zero-order chi connectivity index (χ0) is 15.0. The summed E-state index contributed by atoms with van der Waals surface area (Å²) in [6.07, 6.45) is 0. The van der Waals surface area contributed by atoms with Crippen LogP contribution >= 0.6 is 0 Å². The molecule has 21 heavy (non-hydrogen) atoms. The predicted octanol–water partition coefficient (Wildman–Crippen LogP) is 2.88. The van der Waals surface area contributed by atoms with Crippen molar-refractivity contribution in [2.24, 2.45) is 0 Å². The van der Waals surface area contributed by atoms with Gasteiger partial charge in [0.1, 0.15) is 28.0 Å². The molecule has 0 bridgehead atoms. The molecule has 2 N–H and O–H groups in total. The number of rotatable bonds is 2. The highest BCUT2D eigenvalue weighted by Crippen LogP contribution is 2.33. The highest BCUT2D eigenvalue weighted by molar-refractivity contribution is 5.88. The molecular formula is C16H12O5. The van der Waals surface area contributed by atoms with Crippen LogP contribution in [0.15, 0.2) is 51.7 Å². The molecule has 0 saturated heterocycles. The van der Waals surface area contributed by atoms with Crippen LogP contribution in [0.3, 0.4) is 0 Å². The molecule has 0 unspecified atom stereocenters. The van der Waals surface area contributed by atoms with Crippen LogP contribution in [-0.2, 0) is 0 Å². The number of phenols is 1. The van der Waals surface area contributed by atoms with Crippen molar-refractivity contribution in [3.63, 3.8) is 0 Å². The summed E-state index contributed by atoms with van der Waals surface area (Å²) in [6.45, 7) is 0. The Balaban J connectivity index is 2.37. The molecule has 0 aliphatic carbocycles. The molecule has 0 radical (unpaired) electrons. The number of methoxy groups -OCH3 is 1. The first-order valence-corrected chi connectivity index (χ1v) is 6.24. The minimum atomic E-state index is -0.500. The van der Waals surface area contributed by atoms with E-state index in [4.69, 9.17) is 9.15 Å². The van der Waals surface area contributed by atoms with Crippen LogP contribution in [0.1, 0.15) is 0 Å². The predicted molar refractivity (Wildman–Crippen MR) is 77.8 cm³/mol. The van der Waals surface area contributed by atoms with Crippen LogP contribution in [0.25, 0.3) is 22.1 Å². The third-order valence-corrected chi connectivity index (χ3v) is 3.24. The first kappa shape index (κ1) is 13.1. The molecule has 0 spiro atoms. The lowest BCUT2D eigenvalue weighted by atomic mass is 10.0. The van der Waals surface area contributed by atoms with E-state index in [0.717, 1.165) is 0 Å². The van der Waals surface area contributed by atoms with Crippen LogP contribution in [0.5, 0.6) is 17.4 Å². The maximum Gasteiger partial charge on any atom is 0.294 e. The van der Waals surface area contributed by atoms with E-state index in [1.807, 2.05) is 0 Å². The summed E-state index contributed by atoms with van der Waals surface area (Å²) >= 11 is 0. The summed E-state index contributed by atoms with van der Waals surface area (Å²) in [5.41, 5.74) is 0.0675. The van der Waals surface area contributed by atoms with E-state index in [0.29, 0.717) is 11.3 Å². The highest BCUT2D eigenvalue weighted by atomic mass is 16.5. The van der Waals surface area contributed by atoms with Gasteiger partial charge in [0, 0.05) is 0 Å². The van der Waals surface area contributed by atoms with E-state index in [9.17, 15) is 15.0 Å². The minimum absolute atomic E-state index is 0.0112. The molecule has 0 atom stereocenters. The molecule has 1 aromatic heterocycles. The van der Waals surface area contributed by atoms with Crippen LogP contribution < -0.4 is 10.2 Å². The van der Waals surface area contributed by atoms with Crippen molar-refractivity contribution < 1.29 is 19.4 Å². The fourth-order valence-corrected chi connectivity index (χ4v) is 2.24. The Morgan fingerprint density at radius 1 is 1.10 bits per heavy atom. The van der Waals surface area contributed by atoms with E-state index < -0.39 is 11.4 Å². The maximum absolute atomic E-state index is 12.5. The fourth-order valence-electron chi connectivity index (χ4n) is 2.24. The molecule has 2 aromatic carbocycles. The van der Waals surface area contributed by atoms with Gasteiger partial charge >= 0.3 is 0 Å². The molecule has 0 aliphatic rings. The second-order valence-electron chi connectivity index (χ2n) is 4.49. The van der Waals surface area contributed by atoms with Gasteiger partial charge in [-0.15, -0.1) is 0 Å². The van der Waals surface area contributed by atoms with Gasteiger partial charge < -0.3 is 19.4 Å². The number of hydrogen-bond donors (Lipinski definition) is 2. The summed E-state index contributed by atoms with van der Waals surface area (Å²) in [6, 6.07) is 11.1. The molecule has 106 valence electrons. The molecule has 0 saturated carbocycles. The van der Waals surface area contributed by atoms with Gasteiger partial charge in [-0.2, -0.15) is 0 Å². The zero-order valence-corrected chi connectivity index (χ0v) is 11.2. The molecule has 5 heteroatoms. The summed E-state index contributed by atoms with van der Waals surface area (Å²) < 4.78 is 10.3. The normalized spacial score (nSPS) is 10.7. The summed E-state index contributed by atoms with van der Waals surface area (Å²) in [5.74, 6) is -0.138. The standard InChI is InChI=1S/C16H12O5/c1-20-10-5-2-4-9(8-10)13-15(18)14-11(17)6-3-7-12(14)21-16(13)19/h2-8,17,19H,1H3. The quantitative estimate of drug-likeness (QED) is 0.756. The smallest absolute Gasteiger partial charge is 0.294 e. The van der Waals surface area contributed by atoms with Crippen LogP contribution in [-0.4, -0.2) is 17.3 Å². The van der Waals surface area contributed by atoms with Crippen LogP contribution in [0, 0.1) is 0 Å². The number of ether oxygens (including phenoxy) is 1. The van der Waals surface area contributed by atoms with E-state index in [2.05, 4.69) is 0 Å². The number of hydrogen-bond acceptors (Lipinski definition) is 5. The third kappa shape index (κ3) is 2.08. The first-order chi connectivity index (χ1) is 10.1. The number of benzene rings is 2. The van der Waals surface area contributed by atoms with E-state index in [1.165, 1.54) is 25.3 Å². The lowest BCUT2D eigenvalue weighted by Crippen LogP contribution is -2.05. The maximum atomic E-state index is 12.5. The fraction of sp³-hybridized carbons (Fsp3) is 0.0625. The van der Waals surface area contributed by atoms with Gasteiger partial charge in [-0.3, -0.25) is 4.79 Å². The van der Waals surface area contributed by atoms with Gasteiger partial charge in [0.2, 0.25) is 5.43 Å².